The van der Waals surface area contributed by atoms with Gasteiger partial charge in [0.2, 0.25) is 0 Å². The van der Waals surface area contributed by atoms with Crippen LogP contribution in [0.25, 0.3) is 11.3 Å². The van der Waals surface area contributed by atoms with Crippen LogP contribution < -0.4 is 0 Å². The van der Waals surface area contributed by atoms with Crippen molar-refractivity contribution in [2.75, 3.05) is 13.1 Å². The summed E-state index contributed by atoms with van der Waals surface area (Å²) in [5.74, 6) is 0. The summed E-state index contributed by atoms with van der Waals surface area (Å²) < 4.78 is 1.10. The normalized spacial score (nSPS) is 15.5. The van der Waals surface area contributed by atoms with Crippen LogP contribution >= 0.6 is 15.9 Å². The second-order valence-electron chi connectivity index (χ2n) is 5.06. The Labute approximate surface area is 122 Å². The summed E-state index contributed by atoms with van der Waals surface area (Å²) in [4.78, 5) is 2.51. The van der Waals surface area contributed by atoms with E-state index in [4.69, 9.17) is 0 Å². The number of aromatic nitrogens is 2. The number of aromatic amines is 1. The molecule has 2 aromatic rings. The summed E-state index contributed by atoms with van der Waals surface area (Å²) in [5.41, 5.74) is 5.00. The highest BCUT2D eigenvalue weighted by molar-refractivity contribution is 9.10. The quantitative estimate of drug-likeness (QED) is 0.937. The van der Waals surface area contributed by atoms with E-state index in [1.165, 1.54) is 29.8 Å². The maximum absolute atomic E-state index is 4.53. The first kappa shape index (κ1) is 12.9. The smallest absolute Gasteiger partial charge is 0.0968 e. The van der Waals surface area contributed by atoms with Crippen molar-refractivity contribution in [2.45, 2.75) is 26.3 Å². The Morgan fingerprint density at radius 2 is 2.11 bits per heavy atom. The molecule has 0 saturated carbocycles. The number of halogens is 1. The van der Waals surface area contributed by atoms with Gasteiger partial charge in [-0.25, -0.2) is 0 Å². The van der Waals surface area contributed by atoms with Gasteiger partial charge in [0.25, 0.3) is 0 Å². The summed E-state index contributed by atoms with van der Waals surface area (Å²) in [7, 11) is 0. The number of nitrogens with zero attached hydrogens (tertiary/aromatic N) is 2. The van der Waals surface area contributed by atoms with Crippen molar-refractivity contribution in [3.8, 4) is 11.3 Å². The van der Waals surface area contributed by atoms with E-state index in [1.54, 1.807) is 0 Å². The predicted octanol–water partition coefficient (Wildman–Crippen LogP) is 3.61. The van der Waals surface area contributed by atoms with Crippen molar-refractivity contribution < 1.29 is 0 Å². The molecule has 0 aliphatic carbocycles. The first-order valence-corrected chi connectivity index (χ1v) is 7.61. The monoisotopic (exact) mass is 319 g/mol. The molecule has 0 bridgehead atoms. The van der Waals surface area contributed by atoms with Crippen LogP contribution in [-0.2, 0) is 13.0 Å². The minimum absolute atomic E-state index is 1.02. The molecule has 3 nitrogen and oxygen atoms in total. The Bertz CT molecular complexity index is 559. The fourth-order valence-electron chi connectivity index (χ4n) is 2.70. The lowest BCUT2D eigenvalue weighted by Gasteiger charge is -2.26. The van der Waals surface area contributed by atoms with Crippen LogP contribution in [0.2, 0.25) is 0 Å². The molecule has 1 aromatic heterocycles. The summed E-state index contributed by atoms with van der Waals surface area (Å²) in [6.45, 7) is 5.57. The molecular formula is C15H18BrN3. The van der Waals surface area contributed by atoms with E-state index < -0.39 is 0 Å². The van der Waals surface area contributed by atoms with Crippen molar-refractivity contribution in [3.05, 3.63) is 40.0 Å². The van der Waals surface area contributed by atoms with Gasteiger partial charge in [0, 0.05) is 40.8 Å². The fourth-order valence-corrected chi connectivity index (χ4v) is 2.97. The van der Waals surface area contributed by atoms with E-state index in [-0.39, 0.29) is 0 Å². The Kier molecular flexibility index (Phi) is 3.71. The van der Waals surface area contributed by atoms with Crippen molar-refractivity contribution in [3.63, 3.8) is 0 Å². The van der Waals surface area contributed by atoms with E-state index >= 15 is 0 Å². The van der Waals surface area contributed by atoms with Gasteiger partial charge in [0.05, 0.1) is 5.69 Å². The number of hydrogen-bond donors (Lipinski definition) is 1. The van der Waals surface area contributed by atoms with Crippen LogP contribution in [0, 0.1) is 0 Å². The third-order valence-corrected chi connectivity index (χ3v) is 4.20. The average Bonchev–Trinajstić information content (AvgIpc) is 2.83. The molecule has 19 heavy (non-hydrogen) atoms. The lowest BCUT2D eigenvalue weighted by atomic mass is 10.0. The minimum Gasteiger partial charge on any atom is -0.299 e. The SMILES string of the molecule is CCCN1CCc2[nH]nc(-c3ccc(Br)cc3)c2C1. The molecule has 4 heteroatoms. The highest BCUT2D eigenvalue weighted by Crippen LogP contribution is 2.29. The van der Waals surface area contributed by atoms with Gasteiger partial charge in [-0.15, -0.1) is 0 Å². The molecule has 1 aromatic carbocycles. The molecule has 0 unspecified atom stereocenters. The largest absolute Gasteiger partial charge is 0.299 e. The van der Waals surface area contributed by atoms with Gasteiger partial charge in [-0.05, 0) is 25.1 Å². The number of fused-ring (bicyclic) bond motifs is 1. The molecule has 1 aliphatic rings. The molecule has 0 amide bonds. The Hall–Kier alpha value is -1.13. The zero-order valence-corrected chi connectivity index (χ0v) is 12.7. The summed E-state index contributed by atoms with van der Waals surface area (Å²) in [6, 6.07) is 8.39. The Morgan fingerprint density at radius 1 is 1.32 bits per heavy atom. The number of hydrogen-bond acceptors (Lipinski definition) is 2. The van der Waals surface area contributed by atoms with E-state index in [2.05, 4.69) is 62.2 Å². The molecule has 0 fully saturated rings. The molecule has 1 N–H and O–H groups in total. The van der Waals surface area contributed by atoms with E-state index in [0.29, 0.717) is 0 Å². The molecule has 3 rings (SSSR count). The molecule has 0 spiro atoms. The van der Waals surface area contributed by atoms with Crippen LogP contribution in [0.1, 0.15) is 24.6 Å². The van der Waals surface area contributed by atoms with Gasteiger partial charge in [0.15, 0.2) is 0 Å². The first-order chi connectivity index (χ1) is 9.28. The Balaban J connectivity index is 1.92. The van der Waals surface area contributed by atoms with Gasteiger partial charge in [-0.1, -0.05) is 35.0 Å². The molecule has 1 aliphatic heterocycles. The lowest BCUT2D eigenvalue weighted by Crippen LogP contribution is -2.31. The number of rotatable bonds is 3. The maximum atomic E-state index is 4.53. The van der Waals surface area contributed by atoms with Gasteiger partial charge >= 0.3 is 0 Å². The minimum atomic E-state index is 1.02. The predicted molar refractivity (Wildman–Crippen MR) is 81.0 cm³/mol. The van der Waals surface area contributed by atoms with Crippen LogP contribution in [0.5, 0.6) is 0 Å². The summed E-state index contributed by atoms with van der Waals surface area (Å²) >= 11 is 3.48. The van der Waals surface area contributed by atoms with Crippen LogP contribution in [-0.4, -0.2) is 28.2 Å². The lowest BCUT2D eigenvalue weighted by molar-refractivity contribution is 0.254. The van der Waals surface area contributed by atoms with Crippen LogP contribution in [0.15, 0.2) is 28.7 Å². The van der Waals surface area contributed by atoms with E-state index in [1.807, 2.05) is 0 Å². The van der Waals surface area contributed by atoms with E-state index in [9.17, 15) is 0 Å². The fraction of sp³-hybridized carbons (Fsp3) is 0.400. The van der Waals surface area contributed by atoms with Gasteiger partial charge < -0.3 is 0 Å². The molecule has 100 valence electrons. The van der Waals surface area contributed by atoms with E-state index in [0.717, 1.165) is 29.7 Å². The molecule has 2 heterocycles. The molecule has 0 radical (unpaired) electrons. The zero-order valence-electron chi connectivity index (χ0n) is 11.1. The second kappa shape index (κ2) is 5.47. The standard InChI is InChI=1S/C15H18BrN3/c1-2-8-19-9-7-14-13(10-19)15(18-17-14)11-3-5-12(16)6-4-11/h3-6H,2,7-10H2,1H3,(H,17,18). The molecule has 0 atom stereocenters. The maximum Gasteiger partial charge on any atom is 0.0968 e. The van der Waals surface area contributed by atoms with Crippen molar-refractivity contribution in [1.29, 1.82) is 0 Å². The first-order valence-electron chi connectivity index (χ1n) is 6.82. The third kappa shape index (κ3) is 2.60. The summed E-state index contributed by atoms with van der Waals surface area (Å²) in [6.07, 6.45) is 2.29. The summed E-state index contributed by atoms with van der Waals surface area (Å²) in [5, 5.41) is 7.74. The highest BCUT2D eigenvalue weighted by atomic mass is 79.9. The van der Waals surface area contributed by atoms with Crippen molar-refractivity contribution >= 4 is 15.9 Å². The van der Waals surface area contributed by atoms with Crippen LogP contribution in [0.4, 0.5) is 0 Å². The topological polar surface area (TPSA) is 31.9 Å². The van der Waals surface area contributed by atoms with Gasteiger partial charge in [-0.3, -0.25) is 10.00 Å². The van der Waals surface area contributed by atoms with Gasteiger partial charge in [0.1, 0.15) is 0 Å². The van der Waals surface area contributed by atoms with Crippen molar-refractivity contribution in [1.82, 2.24) is 15.1 Å². The molecular weight excluding hydrogens is 302 g/mol. The van der Waals surface area contributed by atoms with Gasteiger partial charge in [-0.2, -0.15) is 5.10 Å². The zero-order chi connectivity index (χ0) is 13.2. The third-order valence-electron chi connectivity index (χ3n) is 3.67. The number of H-pyrrole nitrogens is 1. The number of benzene rings is 1. The Morgan fingerprint density at radius 3 is 2.84 bits per heavy atom. The highest BCUT2D eigenvalue weighted by Gasteiger charge is 2.21. The van der Waals surface area contributed by atoms with Crippen molar-refractivity contribution in [2.24, 2.45) is 0 Å². The average molecular weight is 320 g/mol. The van der Waals surface area contributed by atoms with Crippen LogP contribution in [0.3, 0.4) is 0 Å². The second-order valence-corrected chi connectivity index (χ2v) is 5.98. The number of nitrogens with one attached hydrogen (secondary N) is 1. The molecule has 0 saturated heterocycles.